The second kappa shape index (κ2) is 4.47. The Morgan fingerprint density at radius 3 is 2.64 bits per heavy atom. The van der Waals surface area contributed by atoms with Crippen LogP contribution >= 0.6 is 0 Å². The van der Waals surface area contributed by atoms with E-state index >= 15 is 0 Å². The van der Waals surface area contributed by atoms with Crippen LogP contribution < -0.4 is 0 Å². The van der Waals surface area contributed by atoms with Gasteiger partial charge in [-0.2, -0.15) is 0 Å². The highest BCUT2D eigenvalue weighted by molar-refractivity contribution is 6.83. The average Bonchev–Trinajstić information content (AvgIpc) is 2.01. The number of carbonyl (C=O) groups is 1. The minimum Gasteiger partial charge on any atom is -0.430 e. The van der Waals surface area contributed by atoms with E-state index in [0.29, 0.717) is 6.42 Å². The van der Waals surface area contributed by atoms with Gasteiger partial charge in [0.2, 0.25) is 0 Å². The van der Waals surface area contributed by atoms with E-state index in [4.69, 9.17) is 4.74 Å². The van der Waals surface area contributed by atoms with Crippen molar-refractivity contribution in [2.24, 2.45) is 0 Å². The first-order chi connectivity index (χ1) is 6.47. The molecule has 0 radical (unpaired) electrons. The number of ether oxygens (including phenoxy) is 1. The molecular formula is C11H16O2Si. The maximum atomic E-state index is 10.9. The lowest BCUT2D eigenvalue weighted by Crippen LogP contribution is -2.16. The van der Waals surface area contributed by atoms with Gasteiger partial charge in [0.1, 0.15) is 13.8 Å². The Kier molecular flexibility index (Phi) is 3.53. The Balaban J connectivity index is 2.59. The lowest BCUT2D eigenvalue weighted by Gasteiger charge is -2.12. The van der Waals surface area contributed by atoms with Gasteiger partial charge in [0.25, 0.3) is 0 Å². The zero-order valence-electron chi connectivity index (χ0n) is 9.02. The normalized spacial score (nSPS) is 19.9. The highest BCUT2D eigenvalue weighted by Gasteiger charge is 2.13. The van der Waals surface area contributed by atoms with Crippen molar-refractivity contribution in [2.75, 3.05) is 0 Å². The zero-order valence-corrected chi connectivity index (χ0v) is 10.0. The summed E-state index contributed by atoms with van der Waals surface area (Å²) in [7, 11) is -1.30. The molecule has 76 valence electrons. The topological polar surface area (TPSA) is 26.3 Å². The molecule has 1 rings (SSSR count). The predicted octanol–water partition coefficient (Wildman–Crippen LogP) is 2.48. The van der Waals surface area contributed by atoms with E-state index in [1.165, 1.54) is 0 Å². The van der Waals surface area contributed by atoms with Gasteiger partial charge < -0.3 is 4.74 Å². The Morgan fingerprint density at radius 1 is 1.36 bits per heavy atom. The fourth-order valence-electron chi connectivity index (χ4n) is 1.09. The van der Waals surface area contributed by atoms with Gasteiger partial charge >= 0.3 is 5.97 Å². The van der Waals surface area contributed by atoms with Crippen LogP contribution in [0.15, 0.2) is 11.8 Å². The molecule has 0 bridgehead atoms. The Bertz CT molecular complexity index is 312. The number of carbonyl (C=O) groups excluding carboxylic acids is 1. The van der Waals surface area contributed by atoms with Crippen molar-refractivity contribution in [3.8, 4) is 11.5 Å². The van der Waals surface area contributed by atoms with Crippen molar-refractivity contribution in [3.05, 3.63) is 11.8 Å². The van der Waals surface area contributed by atoms with Crippen LogP contribution in [0.1, 0.15) is 19.3 Å². The standard InChI is InChI=1S/C11H16O2Si/c1-14(2,3)9-5-7-10-6-4-8-11(12)13-10/h7H,4,6,8H2,1-3H3. The lowest BCUT2D eigenvalue weighted by atomic mass is 10.1. The van der Waals surface area contributed by atoms with Crippen LogP contribution in [0.2, 0.25) is 19.6 Å². The third-order valence-electron chi connectivity index (χ3n) is 1.73. The molecule has 1 saturated heterocycles. The number of rotatable bonds is 0. The molecule has 1 aliphatic heterocycles. The molecule has 0 atom stereocenters. The van der Waals surface area contributed by atoms with E-state index in [0.717, 1.165) is 18.6 Å². The maximum absolute atomic E-state index is 10.9. The van der Waals surface area contributed by atoms with Crippen molar-refractivity contribution in [1.82, 2.24) is 0 Å². The molecule has 0 amide bonds. The summed E-state index contributed by atoms with van der Waals surface area (Å²) >= 11 is 0. The number of allylic oxidation sites excluding steroid dienone is 2. The molecule has 2 nitrogen and oxygen atoms in total. The monoisotopic (exact) mass is 208 g/mol. The number of hydrogen-bond donors (Lipinski definition) is 0. The molecule has 3 heteroatoms. The number of cyclic esters (lactones) is 1. The summed E-state index contributed by atoms with van der Waals surface area (Å²) in [6.07, 6.45) is 4.01. The number of hydrogen-bond acceptors (Lipinski definition) is 2. The van der Waals surface area contributed by atoms with Gasteiger partial charge in [0.15, 0.2) is 0 Å². The number of esters is 1. The van der Waals surface area contributed by atoms with Crippen molar-refractivity contribution < 1.29 is 9.53 Å². The predicted molar refractivity (Wildman–Crippen MR) is 59.1 cm³/mol. The molecule has 0 N–H and O–H groups in total. The molecule has 1 aliphatic rings. The largest absolute Gasteiger partial charge is 0.430 e. The molecule has 0 aromatic rings. The minimum absolute atomic E-state index is 0.127. The summed E-state index contributed by atoms with van der Waals surface area (Å²) in [4.78, 5) is 10.9. The first-order valence-electron chi connectivity index (χ1n) is 4.90. The second-order valence-electron chi connectivity index (χ2n) is 4.46. The van der Waals surface area contributed by atoms with Crippen molar-refractivity contribution in [3.63, 3.8) is 0 Å². The van der Waals surface area contributed by atoms with E-state index in [1.807, 2.05) is 0 Å². The minimum atomic E-state index is -1.30. The van der Waals surface area contributed by atoms with E-state index in [1.54, 1.807) is 6.08 Å². The van der Waals surface area contributed by atoms with Crippen molar-refractivity contribution in [2.45, 2.75) is 38.9 Å². The smallest absolute Gasteiger partial charge is 0.310 e. The molecule has 1 fully saturated rings. The first-order valence-corrected chi connectivity index (χ1v) is 8.40. The highest BCUT2D eigenvalue weighted by Crippen LogP contribution is 2.16. The van der Waals surface area contributed by atoms with Gasteiger partial charge in [0, 0.05) is 18.9 Å². The van der Waals surface area contributed by atoms with Crippen LogP contribution in [-0.4, -0.2) is 14.0 Å². The van der Waals surface area contributed by atoms with E-state index in [2.05, 4.69) is 31.1 Å². The molecule has 1 heterocycles. The fraction of sp³-hybridized carbons (Fsp3) is 0.545. The van der Waals surface area contributed by atoms with Gasteiger partial charge in [-0.3, -0.25) is 4.79 Å². The fourth-order valence-corrected chi connectivity index (χ4v) is 1.60. The second-order valence-corrected chi connectivity index (χ2v) is 9.21. The van der Waals surface area contributed by atoms with Crippen molar-refractivity contribution >= 4 is 14.0 Å². The molecule has 0 saturated carbocycles. The van der Waals surface area contributed by atoms with Gasteiger partial charge in [-0.15, -0.1) is 5.54 Å². The summed E-state index contributed by atoms with van der Waals surface area (Å²) in [6.45, 7) is 6.56. The van der Waals surface area contributed by atoms with Crippen LogP contribution in [0.5, 0.6) is 0 Å². The van der Waals surface area contributed by atoms with Crippen LogP contribution in [0.3, 0.4) is 0 Å². The van der Waals surface area contributed by atoms with Gasteiger partial charge in [-0.1, -0.05) is 25.6 Å². The average molecular weight is 208 g/mol. The van der Waals surface area contributed by atoms with Crippen LogP contribution in [0, 0.1) is 11.5 Å². The third-order valence-corrected chi connectivity index (χ3v) is 2.62. The molecule has 14 heavy (non-hydrogen) atoms. The van der Waals surface area contributed by atoms with Gasteiger partial charge in [-0.25, -0.2) is 0 Å². The Labute approximate surface area is 86.3 Å². The molecule has 0 aromatic carbocycles. The van der Waals surface area contributed by atoms with Gasteiger partial charge in [0.05, 0.1) is 0 Å². The van der Waals surface area contributed by atoms with Crippen LogP contribution in [-0.2, 0) is 9.53 Å². The first kappa shape index (κ1) is 11.1. The van der Waals surface area contributed by atoms with E-state index in [-0.39, 0.29) is 5.97 Å². The van der Waals surface area contributed by atoms with Crippen molar-refractivity contribution in [1.29, 1.82) is 0 Å². The zero-order chi connectivity index (χ0) is 10.6. The molecule has 0 aliphatic carbocycles. The molecular weight excluding hydrogens is 192 g/mol. The summed E-state index contributed by atoms with van der Waals surface area (Å²) < 4.78 is 5.04. The van der Waals surface area contributed by atoms with E-state index in [9.17, 15) is 4.79 Å². The maximum Gasteiger partial charge on any atom is 0.310 e. The molecule has 0 aromatic heterocycles. The summed E-state index contributed by atoms with van der Waals surface area (Å²) in [6, 6.07) is 0. The van der Waals surface area contributed by atoms with Crippen LogP contribution in [0.4, 0.5) is 0 Å². The van der Waals surface area contributed by atoms with Gasteiger partial charge in [-0.05, 0) is 6.42 Å². The molecule has 0 unspecified atom stereocenters. The lowest BCUT2D eigenvalue weighted by molar-refractivity contribution is -0.141. The quantitative estimate of drug-likeness (QED) is 0.347. The summed E-state index contributed by atoms with van der Waals surface area (Å²) in [5, 5.41) is 0. The summed E-state index contributed by atoms with van der Waals surface area (Å²) in [5.74, 6) is 3.59. The Hall–Kier alpha value is -1.01. The third kappa shape index (κ3) is 4.29. The molecule has 0 spiro atoms. The van der Waals surface area contributed by atoms with E-state index < -0.39 is 8.07 Å². The summed E-state index contributed by atoms with van der Waals surface area (Å²) in [5.41, 5.74) is 3.21. The van der Waals surface area contributed by atoms with Crippen LogP contribution in [0.25, 0.3) is 0 Å². The SMILES string of the molecule is C[Si](C)(C)C#CC=C1CCCC(=O)O1. The Morgan fingerprint density at radius 2 is 2.07 bits per heavy atom. The highest BCUT2D eigenvalue weighted by atomic mass is 28.3.